The number of benzene rings is 2. The van der Waals surface area contributed by atoms with E-state index in [-0.39, 0.29) is 12.1 Å². The summed E-state index contributed by atoms with van der Waals surface area (Å²) in [4.78, 5) is 38.5. The van der Waals surface area contributed by atoms with Gasteiger partial charge < -0.3 is 15.4 Å². The summed E-state index contributed by atoms with van der Waals surface area (Å²) < 4.78 is 15.1. The second kappa shape index (κ2) is 6.08. The van der Waals surface area contributed by atoms with Gasteiger partial charge in [0.05, 0.1) is 22.1 Å². The number of aromatic amines is 1. The van der Waals surface area contributed by atoms with Gasteiger partial charge in [0, 0.05) is 0 Å². The average molecular weight is 369 g/mol. The number of carboxylic acid groups (broad SMARTS) is 1. The number of aromatic carboxylic acids is 1. The minimum absolute atomic E-state index is 0.168. The quantitative estimate of drug-likeness (QED) is 0.640. The number of carbonyl (C=O) groups is 2. The van der Waals surface area contributed by atoms with Gasteiger partial charge >= 0.3 is 11.7 Å². The van der Waals surface area contributed by atoms with Gasteiger partial charge in [0.2, 0.25) is 5.91 Å². The number of carbonyl (C=O) groups excluding carboxylic acids is 1. The molecule has 2 aromatic carbocycles. The average Bonchev–Trinajstić information content (AvgIpc) is 3.33. The highest BCUT2D eigenvalue weighted by molar-refractivity contribution is 5.88. The first-order chi connectivity index (χ1) is 12.9. The molecule has 1 aromatic heterocycles. The second-order valence-electron chi connectivity index (χ2n) is 6.70. The number of nitrogens with zero attached hydrogens (tertiary/aromatic N) is 1. The van der Waals surface area contributed by atoms with Crippen LogP contribution in [-0.2, 0) is 16.9 Å². The van der Waals surface area contributed by atoms with Crippen molar-refractivity contribution >= 4 is 22.9 Å². The zero-order chi connectivity index (χ0) is 19.2. The molecule has 7 nitrogen and oxygen atoms in total. The molecular weight excluding hydrogens is 353 g/mol. The number of imidazole rings is 1. The largest absolute Gasteiger partial charge is 0.478 e. The van der Waals surface area contributed by atoms with Crippen molar-refractivity contribution in [1.82, 2.24) is 14.9 Å². The molecule has 1 heterocycles. The van der Waals surface area contributed by atoms with Crippen LogP contribution >= 0.6 is 0 Å². The van der Waals surface area contributed by atoms with Crippen LogP contribution in [0.1, 0.15) is 28.8 Å². The molecule has 1 amide bonds. The fourth-order valence-corrected chi connectivity index (χ4v) is 3.31. The Kier molecular flexibility index (Phi) is 3.83. The van der Waals surface area contributed by atoms with Crippen molar-refractivity contribution < 1.29 is 19.1 Å². The van der Waals surface area contributed by atoms with Crippen LogP contribution < -0.4 is 11.0 Å². The predicted octanol–water partition coefficient (Wildman–Crippen LogP) is 1.97. The van der Waals surface area contributed by atoms with E-state index in [2.05, 4.69) is 10.3 Å². The van der Waals surface area contributed by atoms with Crippen LogP contribution in [0.2, 0.25) is 0 Å². The highest BCUT2D eigenvalue weighted by Crippen LogP contribution is 2.46. The molecule has 27 heavy (non-hydrogen) atoms. The van der Waals surface area contributed by atoms with E-state index in [9.17, 15) is 18.8 Å². The number of nitrogens with one attached hydrogen (secondary N) is 2. The zero-order valence-electron chi connectivity index (χ0n) is 14.2. The maximum absolute atomic E-state index is 13.8. The van der Waals surface area contributed by atoms with Gasteiger partial charge in [0.15, 0.2) is 0 Å². The molecule has 3 aromatic rings. The number of hydrogen-bond acceptors (Lipinski definition) is 3. The van der Waals surface area contributed by atoms with Gasteiger partial charge in [-0.05, 0) is 48.7 Å². The summed E-state index contributed by atoms with van der Waals surface area (Å²) in [7, 11) is 0. The second-order valence-corrected chi connectivity index (χ2v) is 6.70. The molecule has 0 aliphatic heterocycles. The normalized spacial score (nSPS) is 14.9. The van der Waals surface area contributed by atoms with E-state index in [0.717, 1.165) is 6.07 Å². The third kappa shape index (κ3) is 3.10. The Balaban J connectivity index is 1.59. The summed E-state index contributed by atoms with van der Waals surface area (Å²) in [5.74, 6) is -2.30. The minimum Gasteiger partial charge on any atom is -0.478 e. The van der Waals surface area contributed by atoms with E-state index >= 15 is 0 Å². The maximum atomic E-state index is 13.8. The summed E-state index contributed by atoms with van der Waals surface area (Å²) in [6.45, 7) is -0.189. The molecule has 4 rings (SSSR count). The molecule has 0 radical (unpaired) electrons. The number of halogens is 1. The first-order valence-corrected chi connectivity index (χ1v) is 8.41. The van der Waals surface area contributed by atoms with Crippen LogP contribution in [0.15, 0.2) is 47.3 Å². The SMILES string of the molecule is O=C(Cn1c(=O)[nH]c2ccccc21)NC1(c2cc(F)cc(C(=O)O)c2)CC1. The van der Waals surface area contributed by atoms with Crippen LogP contribution in [0, 0.1) is 5.82 Å². The Morgan fingerprint density at radius 3 is 2.67 bits per heavy atom. The molecule has 0 spiro atoms. The molecule has 0 atom stereocenters. The summed E-state index contributed by atoms with van der Waals surface area (Å²) in [6.07, 6.45) is 1.15. The fraction of sp³-hybridized carbons (Fsp3) is 0.211. The molecule has 0 saturated heterocycles. The monoisotopic (exact) mass is 369 g/mol. The Hall–Kier alpha value is -3.42. The van der Waals surface area contributed by atoms with Gasteiger partial charge in [-0.3, -0.25) is 9.36 Å². The molecular formula is C19H16FN3O4. The maximum Gasteiger partial charge on any atom is 0.335 e. The number of para-hydroxylation sites is 2. The summed E-state index contributed by atoms with van der Waals surface area (Å²) in [5.41, 5.74) is 0.307. The van der Waals surface area contributed by atoms with Crippen LogP contribution in [0.3, 0.4) is 0 Å². The number of aromatic nitrogens is 2. The number of hydrogen-bond donors (Lipinski definition) is 3. The van der Waals surface area contributed by atoms with Gasteiger partial charge in [-0.15, -0.1) is 0 Å². The third-order valence-electron chi connectivity index (χ3n) is 4.81. The van der Waals surface area contributed by atoms with Gasteiger partial charge in [0.1, 0.15) is 12.4 Å². The number of amides is 1. The summed E-state index contributed by atoms with van der Waals surface area (Å²) in [6, 6.07) is 10.6. The first-order valence-electron chi connectivity index (χ1n) is 8.41. The zero-order valence-corrected chi connectivity index (χ0v) is 14.2. The van der Waals surface area contributed by atoms with E-state index in [4.69, 9.17) is 5.11 Å². The third-order valence-corrected chi connectivity index (χ3v) is 4.81. The van der Waals surface area contributed by atoms with Crippen LogP contribution in [0.4, 0.5) is 4.39 Å². The van der Waals surface area contributed by atoms with Crippen LogP contribution in [0.25, 0.3) is 11.0 Å². The molecule has 0 unspecified atom stereocenters. The van der Waals surface area contributed by atoms with Crippen molar-refractivity contribution in [3.05, 3.63) is 69.9 Å². The van der Waals surface area contributed by atoms with E-state index < -0.39 is 28.9 Å². The van der Waals surface area contributed by atoms with Gasteiger partial charge in [0.25, 0.3) is 0 Å². The Bertz CT molecular complexity index is 1130. The minimum atomic E-state index is -1.23. The smallest absolute Gasteiger partial charge is 0.335 e. The van der Waals surface area contributed by atoms with Gasteiger partial charge in [-0.2, -0.15) is 0 Å². The summed E-state index contributed by atoms with van der Waals surface area (Å²) in [5, 5.41) is 11.9. The van der Waals surface area contributed by atoms with E-state index in [1.807, 2.05) is 0 Å². The molecule has 1 saturated carbocycles. The highest BCUT2D eigenvalue weighted by Gasteiger charge is 2.46. The van der Waals surface area contributed by atoms with Gasteiger partial charge in [-0.25, -0.2) is 14.0 Å². The topological polar surface area (TPSA) is 104 Å². The Labute approximate surface area is 152 Å². The van der Waals surface area contributed by atoms with Crippen molar-refractivity contribution in [1.29, 1.82) is 0 Å². The van der Waals surface area contributed by atoms with Gasteiger partial charge in [-0.1, -0.05) is 12.1 Å². The Morgan fingerprint density at radius 1 is 1.22 bits per heavy atom. The van der Waals surface area contributed by atoms with E-state index in [1.165, 1.54) is 16.7 Å². The fourth-order valence-electron chi connectivity index (χ4n) is 3.31. The molecule has 1 aliphatic rings. The lowest BCUT2D eigenvalue weighted by molar-refractivity contribution is -0.122. The Morgan fingerprint density at radius 2 is 1.96 bits per heavy atom. The lowest BCUT2D eigenvalue weighted by Crippen LogP contribution is -2.38. The number of H-pyrrole nitrogens is 1. The van der Waals surface area contributed by atoms with Crippen LogP contribution in [-0.4, -0.2) is 26.5 Å². The molecule has 138 valence electrons. The number of fused-ring (bicyclic) bond motifs is 1. The summed E-state index contributed by atoms with van der Waals surface area (Å²) >= 11 is 0. The molecule has 3 N–H and O–H groups in total. The molecule has 8 heteroatoms. The van der Waals surface area contributed by atoms with Crippen molar-refractivity contribution in [2.75, 3.05) is 0 Å². The van der Waals surface area contributed by atoms with Crippen LogP contribution in [0.5, 0.6) is 0 Å². The van der Waals surface area contributed by atoms with Crippen molar-refractivity contribution in [2.45, 2.75) is 24.9 Å². The predicted molar refractivity (Wildman–Crippen MR) is 95.0 cm³/mol. The van der Waals surface area contributed by atoms with Crippen molar-refractivity contribution in [2.24, 2.45) is 0 Å². The molecule has 1 aliphatic carbocycles. The number of rotatable bonds is 5. The lowest BCUT2D eigenvalue weighted by atomic mass is 10.0. The first kappa shape index (κ1) is 17.0. The van der Waals surface area contributed by atoms with Crippen molar-refractivity contribution in [3.63, 3.8) is 0 Å². The molecule has 0 bridgehead atoms. The molecule has 1 fully saturated rings. The number of carboxylic acids is 1. The van der Waals surface area contributed by atoms with E-state index in [0.29, 0.717) is 29.4 Å². The van der Waals surface area contributed by atoms with Crippen molar-refractivity contribution in [3.8, 4) is 0 Å². The lowest BCUT2D eigenvalue weighted by Gasteiger charge is -2.19. The van der Waals surface area contributed by atoms with E-state index in [1.54, 1.807) is 24.3 Å². The standard InChI is InChI=1S/C19H16FN3O4/c20-13-8-11(17(25)26)7-12(9-13)19(5-6-19)22-16(24)10-23-15-4-2-1-3-14(15)21-18(23)27/h1-4,7-9H,5-6,10H2,(H,21,27)(H,22,24)(H,25,26). The highest BCUT2D eigenvalue weighted by atomic mass is 19.1.